The summed E-state index contributed by atoms with van der Waals surface area (Å²) in [4.78, 5) is 4.80. The summed E-state index contributed by atoms with van der Waals surface area (Å²) < 4.78 is 2.16. The summed E-state index contributed by atoms with van der Waals surface area (Å²) in [6.07, 6.45) is 0.863. The molecule has 0 amide bonds. The monoisotopic (exact) mass is 469 g/mol. The van der Waals surface area contributed by atoms with Crippen molar-refractivity contribution in [3.05, 3.63) is 86.4 Å². The molecule has 26 heavy (non-hydrogen) atoms. The molecule has 0 bridgehead atoms. The van der Waals surface area contributed by atoms with Crippen LogP contribution in [0.15, 0.2) is 74.7 Å². The quantitative estimate of drug-likeness (QED) is 0.508. The summed E-state index contributed by atoms with van der Waals surface area (Å²) in [5.74, 6) is 0. The number of halogens is 2. The Labute approximate surface area is 169 Å². The van der Waals surface area contributed by atoms with Crippen molar-refractivity contribution in [2.24, 2.45) is 5.10 Å². The molecular formula is C21H17Br2N3. The molecule has 1 aliphatic heterocycles. The van der Waals surface area contributed by atoms with Gasteiger partial charge in [-0.2, -0.15) is 5.10 Å². The zero-order valence-corrected chi connectivity index (χ0v) is 17.4. The predicted octanol–water partition coefficient (Wildman–Crippen LogP) is 6.02. The van der Waals surface area contributed by atoms with E-state index in [4.69, 9.17) is 4.98 Å². The van der Waals surface area contributed by atoms with Crippen LogP contribution in [0.1, 0.15) is 29.3 Å². The minimum atomic E-state index is 0.212. The molecule has 3 aromatic rings. The minimum Gasteiger partial charge on any atom is -0.302 e. The van der Waals surface area contributed by atoms with E-state index in [0.29, 0.717) is 0 Å². The summed E-state index contributed by atoms with van der Waals surface area (Å²) in [5, 5.41) is 4.57. The molecule has 0 spiro atoms. The molecule has 2 heterocycles. The molecule has 1 N–H and O–H groups in total. The lowest BCUT2D eigenvalue weighted by atomic mass is 9.98. The summed E-state index contributed by atoms with van der Waals surface area (Å²) in [6.45, 7) is 2.05. The summed E-state index contributed by atoms with van der Waals surface area (Å²) in [6, 6.07) is 21.0. The number of hydrogen-bond acceptors (Lipinski definition) is 3. The van der Waals surface area contributed by atoms with E-state index in [0.717, 1.165) is 43.6 Å². The van der Waals surface area contributed by atoms with Crippen LogP contribution in [0.3, 0.4) is 0 Å². The fourth-order valence-electron chi connectivity index (χ4n) is 3.15. The molecule has 1 aliphatic rings. The second-order valence-electron chi connectivity index (χ2n) is 6.33. The van der Waals surface area contributed by atoms with Crippen LogP contribution in [0.5, 0.6) is 0 Å². The molecule has 0 fully saturated rings. The van der Waals surface area contributed by atoms with Gasteiger partial charge in [0.25, 0.3) is 0 Å². The molecule has 0 saturated heterocycles. The SMILES string of the molecule is Cc1nc(-c2ccc(Br)cc2)ccc1C1=NNC(c2ccc(Br)cc2)C1. The van der Waals surface area contributed by atoms with Gasteiger partial charge in [0.05, 0.1) is 17.4 Å². The lowest BCUT2D eigenvalue weighted by Crippen LogP contribution is -2.10. The Hall–Kier alpha value is -1.98. The van der Waals surface area contributed by atoms with Gasteiger partial charge in [0, 0.05) is 32.2 Å². The molecule has 2 aromatic carbocycles. The van der Waals surface area contributed by atoms with Crippen LogP contribution in [0.4, 0.5) is 0 Å². The predicted molar refractivity (Wildman–Crippen MR) is 113 cm³/mol. The standard InChI is InChI=1S/C21H17Br2N3/c1-13-18(10-11-19(24-13)14-2-6-16(22)7-3-14)21-12-20(25-26-21)15-4-8-17(23)9-5-15/h2-11,20,25H,12H2,1H3. The zero-order valence-electron chi connectivity index (χ0n) is 14.2. The maximum atomic E-state index is 4.80. The van der Waals surface area contributed by atoms with Crippen LogP contribution in [0, 0.1) is 6.92 Å². The minimum absolute atomic E-state index is 0.212. The van der Waals surface area contributed by atoms with Crippen molar-refractivity contribution in [2.45, 2.75) is 19.4 Å². The van der Waals surface area contributed by atoms with Gasteiger partial charge in [-0.25, -0.2) is 0 Å². The molecule has 0 radical (unpaired) electrons. The Morgan fingerprint density at radius 3 is 2.19 bits per heavy atom. The number of aryl methyl sites for hydroxylation is 1. The summed E-state index contributed by atoms with van der Waals surface area (Å²) >= 11 is 6.95. The van der Waals surface area contributed by atoms with E-state index >= 15 is 0 Å². The molecule has 1 atom stereocenters. The van der Waals surface area contributed by atoms with Gasteiger partial charge in [0.15, 0.2) is 0 Å². The highest BCUT2D eigenvalue weighted by molar-refractivity contribution is 9.10. The molecule has 0 aliphatic carbocycles. The van der Waals surface area contributed by atoms with Crippen molar-refractivity contribution in [3.8, 4) is 11.3 Å². The van der Waals surface area contributed by atoms with Crippen molar-refractivity contribution >= 4 is 37.6 Å². The number of pyridine rings is 1. The average Bonchev–Trinajstić information content (AvgIpc) is 3.12. The smallest absolute Gasteiger partial charge is 0.0745 e. The zero-order chi connectivity index (χ0) is 18.1. The highest BCUT2D eigenvalue weighted by Gasteiger charge is 2.22. The third-order valence-electron chi connectivity index (χ3n) is 4.56. The number of aromatic nitrogens is 1. The first-order chi connectivity index (χ1) is 12.6. The van der Waals surface area contributed by atoms with Crippen molar-refractivity contribution in [1.82, 2.24) is 10.4 Å². The molecule has 3 nitrogen and oxygen atoms in total. The number of nitrogens with zero attached hydrogens (tertiary/aromatic N) is 2. The van der Waals surface area contributed by atoms with Gasteiger partial charge in [-0.3, -0.25) is 4.98 Å². The molecular weight excluding hydrogens is 454 g/mol. The average molecular weight is 471 g/mol. The van der Waals surface area contributed by atoms with E-state index < -0.39 is 0 Å². The van der Waals surface area contributed by atoms with Crippen LogP contribution in [-0.2, 0) is 0 Å². The summed E-state index contributed by atoms with van der Waals surface area (Å²) in [7, 11) is 0. The van der Waals surface area contributed by atoms with E-state index in [1.165, 1.54) is 5.56 Å². The molecule has 5 heteroatoms. The van der Waals surface area contributed by atoms with Crippen LogP contribution in [-0.4, -0.2) is 10.7 Å². The highest BCUT2D eigenvalue weighted by atomic mass is 79.9. The maximum absolute atomic E-state index is 4.80. The molecule has 4 rings (SSSR count). The van der Waals surface area contributed by atoms with Crippen molar-refractivity contribution in [2.75, 3.05) is 0 Å². The van der Waals surface area contributed by atoms with Crippen molar-refractivity contribution in [1.29, 1.82) is 0 Å². The number of nitrogens with one attached hydrogen (secondary N) is 1. The topological polar surface area (TPSA) is 37.3 Å². The number of hydrazone groups is 1. The first-order valence-corrected chi connectivity index (χ1v) is 10.0. The summed E-state index contributed by atoms with van der Waals surface area (Å²) in [5.41, 5.74) is 9.77. The third-order valence-corrected chi connectivity index (χ3v) is 5.62. The van der Waals surface area contributed by atoms with Crippen molar-refractivity contribution < 1.29 is 0 Å². The van der Waals surface area contributed by atoms with Crippen molar-refractivity contribution in [3.63, 3.8) is 0 Å². The third kappa shape index (κ3) is 3.60. The van der Waals surface area contributed by atoms with Crippen LogP contribution >= 0.6 is 31.9 Å². The fraction of sp³-hybridized carbons (Fsp3) is 0.143. The lowest BCUT2D eigenvalue weighted by Gasteiger charge is -2.11. The second-order valence-corrected chi connectivity index (χ2v) is 8.16. The van der Waals surface area contributed by atoms with Gasteiger partial charge in [0.1, 0.15) is 0 Å². The van der Waals surface area contributed by atoms with E-state index in [9.17, 15) is 0 Å². The Morgan fingerprint density at radius 2 is 1.54 bits per heavy atom. The lowest BCUT2D eigenvalue weighted by molar-refractivity contribution is 0.620. The van der Waals surface area contributed by atoms with Gasteiger partial charge in [-0.15, -0.1) is 0 Å². The van der Waals surface area contributed by atoms with Gasteiger partial charge < -0.3 is 5.43 Å². The number of rotatable bonds is 3. The van der Waals surface area contributed by atoms with Crippen LogP contribution in [0.2, 0.25) is 0 Å². The van der Waals surface area contributed by atoms with Crippen LogP contribution < -0.4 is 5.43 Å². The first kappa shape index (κ1) is 17.4. The molecule has 1 unspecified atom stereocenters. The van der Waals surface area contributed by atoms with E-state index in [1.807, 2.05) is 19.1 Å². The molecule has 0 saturated carbocycles. The fourth-order valence-corrected chi connectivity index (χ4v) is 3.67. The second kappa shape index (κ2) is 7.33. The molecule has 1 aromatic heterocycles. The Bertz CT molecular complexity index is 964. The van der Waals surface area contributed by atoms with Crippen LogP contribution in [0.25, 0.3) is 11.3 Å². The van der Waals surface area contributed by atoms with Gasteiger partial charge in [0.2, 0.25) is 0 Å². The first-order valence-electron chi connectivity index (χ1n) is 8.41. The maximum Gasteiger partial charge on any atom is 0.0745 e. The molecule has 130 valence electrons. The van der Waals surface area contributed by atoms with E-state index in [1.54, 1.807) is 0 Å². The largest absolute Gasteiger partial charge is 0.302 e. The Morgan fingerprint density at radius 1 is 0.885 bits per heavy atom. The van der Waals surface area contributed by atoms with Gasteiger partial charge in [-0.1, -0.05) is 56.1 Å². The normalized spacial score (nSPS) is 16.3. The van der Waals surface area contributed by atoms with Gasteiger partial charge >= 0.3 is 0 Å². The number of hydrogen-bond donors (Lipinski definition) is 1. The van der Waals surface area contributed by atoms with E-state index in [-0.39, 0.29) is 6.04 Å². The van der Waals surface area contributed by atoms with E-state index in [2.05, 4.69) is 90.9 Å². The Kier molecular flexibility index (Phi) is 4.92. The number of benzene rings is 2. The Balaban J connectivity index is 1.55. The van der Waals surface area contributed by atoms with Gasteiger partial charge in [-0.05, 0) is 48.9 Å². The highest BCUT2D eigenvalue weighted by Crippen LogP contribution is 2.28.